The van der Waals surface area contributed by atoms with Crippen molar-refractivity contribution in [1.29, 1.82) is 0 Å². The standard InChI is InChI=1S/C17H23N3O4S/c1-13-5-7-14(8-6-13)19-11-10-18(12-16(19)21)17(22)15-4-3-9-20(15)25(2,23)24/h5-8,15H,3-4,9-12H2,1-2H3. The van der Waals surface area contributed by atoms with Crippen molar-refractivity contribution in [2.45, 2.75) is 25.8 Å². The maximum Gasteiger partial charge on any atom is 0.246 e. The number of carbonyl (C=O) groups excluding carboxylic acids is 2. The van der Waals surface area contributed by atoms with Crippen molar-refractivity contribution >= 4 is 27.5 Å². The molecule has 0 spiro atoms. The highest BCUT2D eigenvalue weighted by atomic mass is 32.2. The molecule has 0 bridgehead atoms. The van der Waals surface area contributed by atoms with Crippen LogP contribution < -0.4 is 4.90 Å². The van der Waals surface area contributed by atoms with Crippen LogP contribution in [0.15, 0.2) is 24.3 Å². The number of nitrogens with zero attached hydrogens (tertiary/aromatic N) is 3. The fraction of sp³-hybridized carbons (Fsp3) is 0.529. The molecule has 25 heavy (non-hydrogen) atoms. The second-order valence-electron chi connectivity index (χ2n) is 6.67. The van der Waals surface area contributed by atoms with Gasteiger partial charge in [-0.3, -0.25) is 9.59 Å². The minimum atomic E-state index is -3.42. The molecule has 8 heteroatoms. The molecule has 0 radical (unpaired) electrons. The van der Waals surface area contributed by atoms with Crippen molar-refractivity contribution in [3.05, 3.63) is 29.8 Å². The van der Waals surface area contributed by atoms with Gasteiger partial charge in [-0.2, -0.15) is 4.31 Å². The quantitative estimate of drug-likeness (QED) is 0.786. The van der Waals surface area contributed by atoms with Crippen molar-refractivity contribution < 1.29 is 18.0 Å². The fourth-order valence-electron chi connectivity index (χ4n) is 3.45. The zero-order chi connectivity index (χ0) is 18.2. The van der Waals surface area contributed by atoms with Crippen LogP contribution in [0, 0.1) is 6.92 Å². The SMILES string of the molecule is Cc1ccc(N2CCN(C(=O)C3CCCN3S(C)(=O)=O)CC2=O)cc1. The van der Waals surface area contributed by atoms with Gasteiger partial charge in [-0.25, -0.2) is 8.42 Å². The monoisotopic (exact) mass is 365 g/mol. The molecule has 0 N–H and O–H groups in total. The molecule has 2 fully saturated rings. The first-order chi connectivity index (χ1) is 11.8. The second-order valence-corrected chi connectivity index (χ2v) is 8.61. The van der Waals surface area contributed by atoms with Crippen LogP contribution in [0.3, 0.4) is 0 Å². The van der Waals surface area contributed by atoms with Gasteiger partial charge in [-0.05, 0) is 31.9 Å². The van der Waals surface area contributed by atoms with E-state index in [0.29, 0.717) is 32.5 Å². The summed E-state index contributed by atoms with van der Waals surface area (Å²) in [6.07, 6.45) is 2.30. The summed E-state index contributed by atoms with van der Waals surface area (Å²) in [7, 11) is -3.42. The number of rotatable bonds is 3. The average Bonchev–Trinajstić information content (AvgIpc) is 3.05. The maximum atomic E-state index is 12.7. The van der Waals surface area contributed by atoms with Crippen LogP contribution in [0.1, 0.15) is 18.4 Å². The molecule has 2 aliphatic rings. The third-order valence-electron chi connectivity index (χ3n) is 4.79. The van der Waals surface area contributed by atoms with Crippen LogP contribution in [0.25, 0.3) is 0 Å². The molecule has 2 amide bonds. The number of hydrogen-bond acceptors (Lipinski definition) is 4. The number of sulfonamides is 1. The summed E-state index contributed by atoms with van der Waals surface area (Å²) >= 11 is 0. The summed E-state index contributed by atoms with van der Waals surface area (Å²) in [5, 5.41) is 0. The van der Waals surface area contributed by atoms with E-state index in [4.69, 9.17) is 0 Å². The van der Waals surface area contributed by atoms with Crippen molar-refractivity contribution in [2.24, 2.45) is 0 Å². The van der Waals surface area contributed by atoms with E-state index in [-0.39, 0.29) is 18.4 Å². The number of amides is 2. The van der Waals surface area contributed by atoms with E-state index in [2.05, 4.69) is 0 Å². The van der Waals surface area contributed by atoms with Gasteiger partial charge in [-0.1, -0.05) is 17.7 Å². The Hall–Kier alpha value is -1.93. The summed E-state index contributed by atoms with van der Waals surface area (Å²) in [4.78, 5) is 28.4. The summed E-state index contributed by atoms with van der Waals surface area (Å²) in [6, 6.07) is 7.01. The predicted octanol–water partition coefficient (Wildman–Crippen LogP) is 0.594. The van der Waals surface area contributed by atoms with E-state index in [1.54, 1.807) is 4.90 Å². The highest BCUT2D eigenvalue weighted by Crippen LogP contribution is 2.24. The van der Waals surface area contributed by atoms with E-state index >= 15 is 0 Å². The van der Waals surface area contributed by atoms with Crippen LogP contribution in [0.2, 0.25) is 0 Å². The Bertz CT molecular complexity index is 776. The average molecular weight is 365 g/mol. The molecule has 2 saturated heterocycles. The van der Waals surface area contributed by atoms with Crippen molar-refractivity contribution in [3.8, 4) is 0 Å². The van der Waals surface area contributed by atoms with Crippen LogP contribution in [-0.2, 0) is 19.6 Å². The van der Waals surface area contributed by atoms with E-state index < -0.39 is 16.1 Å². The highest BCUT2D eigenvalue weighted by molar-refractivity contribution is 7.88. The summed E-state index contributed by atoms with van der Waals surface area (Å²) < 4.78 is 24.9. The van der Waals surface area contributed by atoms with Gasteiger partial charge in [-0.15, -0.1) is 0 Å². The Kier molecular flexibility index (Phi) is 4.83. The van der Waals surface area contributed by atoms with E-state index in [0.717, 1.165) is 17.5 Å². The highest BCUT2D eigenvalue weighted by Gasteiger charge is 2.40. The lowest BCUT2D eigenvalue weighted by Crippen LogP contribution is -2.56. The molecule has 2 heterocycles. The zero-order valence-corrected chi connectivity index (χ0v) is 15.3. The van der Waals surface area contributed by atoms with Crippen LogP contribution in [-0.4, -0.2) is 67.9 Å². The number of anilines is 1. The Morgan fingerprint density at radius 2 is 1.80 bits per heavy atom. The maximum absolute atomic E-state index is 12.7. The topological polar surface area (TPSA) is 78.0 Å². The number of piperazine rings is 1. The normalized spacial score (nSPS) is 22.5. The van der Waals surface area contributed by atoms with Gasteiger partial charge in [0.15, 0.2) is 0 Å². The van der Waals surface area contributed by atoms with Gasteiger partial charge in [0.25, 0.3) is 0 Å². The largest absolute Gasteiger partial charge is 0.330 e. The number of aryl methyl sites for hydroxylation is 1. The minimum absolute atomic E-state index is 0.0131. The molecule has 0 aromatic heterocycles. The molecular formula is C17H23N3O4S. The lowest BCUT2D eigenvalue weighted by molar-refractivity contribution is -0.139. The molecule has 1 aromatic carbocycles. The van der Waals surface area contributed by atoms with Gasteiger partial charge in [0.05, 0.1) is 6.26 Å². The molecular weight excluding hydrogens is 342 g/mol. The Balaban J connectivity index is 1.69. The lowest BCUT2D eigenvalue weighted by Gasteiger charge is -2.36. The first-order valence-electron chi connectivity index (χ1n) is 8.40. The third-order valence-corrected chi connectivity index (χ3v) is 6.08. The molecule has 3 rings (SSSR count). The van der Waals surface area contributed by atoms with Crippen molar-refractivity contribution in [2.75, 3.05) is 37.3 Å². The van der Waals surface area contributed by atoms with Crippen LogP contribution >= 0.6 is 0 Å². The predicted molar refractivity (Wildman–Crippen MR) is 94.7 cm³/mol. The molecule has 0 aliphatic carbocycles. The second kappa shape index (κ2) is 6.76. The first-order valence-corrected chi connectivity index (χ1v) is 10.2. The molecule has 7 nitrogen and oxygen atoms in total. The minimum Gasteiger partial charge on any atom is -0.330 e. The summed E-state index contributed by atoms with van der Waals surface area (Å²) in [6.45, 7) is 3.16. The molecule has 1 aromatic rings. The van der Waals surface area contributed by atoms with Gasteiger partial charge in [0, 0.05) is 25.3 Å². The van der Waals surface area contributed by atoms with Crippen LogP contribution in [0.4, 0.5) is 5.69 Å². The van der Waals surface area contributed by atoms with Crippen LogP contribution in [0.5, 0.6) is 0 Å². The number of carbonyl (C=O) groups is 2. The summed E-state index contributed by atoms with van der Waals surface area (Å²) in [5.41, 5.74) is 1.94. The smallest absolute Gasteiger partial charge is 0.246 e. The van der Waals surface area contributed by atoms with Gasteiger partial charge < -0.3 is 9.80 Å². The Morgan fingerprint density at radius 3 is 2.40 bits per heavy atom. The van der Waals surface area contributed by atoms with Crippen molar-refractivity contribution in [3.63, 3.8) is 0 Å². The number of benzene rings is 1. The Labute approximate surface area is 148 Å². The molecule has 0 saturated carbocycles. The molecule has 1 unspecified atom stereocenters. The Morgan fingerprint density at radius 1 is 1.12 bits per heavy atom. The van der Waals surface area contributed by atoms with Gasteiger partial charge in [0.2, 0.25) is 21.8 Å². The molecule has 136 valence electrons. The molecule has 1 atom stereocenters. The zero-order valence-electron chi connectivity index (χ0n) is 14.5. The van der Waals surface area contributed by atoms with Crippen molar-refractivity contribution in [1.82, 2.24) is 9.21 Å². The first kappa shape index (κ1) is 17.9. The molecule has 2 aliphatic heterocycles. The van der Waals surface area contributed by atoms with E-state index in [9.17, 15) is 18.0 Å². The van der Waals surface area contributed by atoms with Gasteiger partial charge >= 0.3 is 0 Å². The fourth-order valence-corrected chi connectivity index (χ4v) is 4.57. The third kappa shape index (κ3) is 3.69. The van der Waals surface area contributed by atoms with Gasteiger partial charge in [0.1, 0.15) is 12.6 Å². The van der Waals surface area contributed by atoms with E-state index in [1.807, 2.05) is 31.2 Å². The number of hydrogen-bond donors (Lipinski definition) is 0. The lowest BCUT2D eigenvalue weighted by atomic mass is 10.1. The van der Waals surface area contributed by atoms with E-state index in [1.165, 1.54) is 9.21 Å². The summed E-state index contributed by atoms with van der Waals surface area (Å²) in [5.74, 6) is -0.410.